The highest BCUT2D eigenvalue weighted by molar-refractivity contribution is 6.32. The molecule has 2 rings (SSSR count). The molecule has 0 N–H and O–H groups in total. The van der Waals surface area contributed by atoms with Crippen LogP contribution in [0.2, 0.25) is 5.22 Å². The Labute approximate surface area is 116 Å². The fourth-order valence-corrected chi connectivity index (χ4v) is 2.45. The van der Waals surface area contributed by atoms with Gasteiger partial charge in [-0.3, -0.25) is 4.79 Å². The number of nitrogens with zero attached hydrogens (tertiary/aromatic N) is 1. The maximum atomic E-state index is 12.4. The van der Waals surface area contributed by atoms with Gasteiger partial charge in [-0.15, -0.1) is 0 Å². The van der Waals surface area contributed by atoms with Gasteiger partial charge in [0.15, 0.2) is 0 Å². The topological polar surface area (TPSA) is 59.8 Å². The fourth-order valence-electron chi connectivity index (χ4n) is 2.26. The molecule has 104 valence electrons. The van der Waals surface area contributed by atoms with E-state index in [1.54, 1.807) is 6.92 Å². The first-order valence-electron chi connectivity index (χ1n) is 6.35. The number of amides is 1. The van der Waals surface area contributed by atoms with Crippen LogP contribution in [0.5, 0.6) is 0 Å². The Bertz CT molecular complexity index is 471. The Morgan fingerprint density at radius 3 is 2.95 bits per heavy atom. The summed E-state index contributed by atoms with van der Waals surface area (Å²) in [5, 5.41) is 0.0539. The van der Waals surface area contributed by atoms with Crippen LogP contribution in [0.3, 0.4) is 0 Å². The highest BCUT2D eigenvalue weighted by atomic mass is 35.5. The van der Waals surface area contributed by atoms with Crippen LogP contribution in [0, 0.1) is 0 Å². The number of likely N-dealkylation sites (tertiary alicyclic amines) is 1. The monoisotopic (exact) mass is 285 g/mol. The molecule has 0 bridgehead atoms. The third-order valence-electron chi connectivity index (χ3n) is 3.17. The minimum Gasteiger partial charge on any atom is -0.464 e. The molecule has 0 aromatic carbocycles. The lowest BCUT2D eigenvalue weighted by Gasteiger charge is -2.33. The van der Waals surface area contributed by atoms with Gasteiger partial charge in [0.25, 0.3) is 5.91 Å². The van der Waals surface area contributed by atoms with Gasteiger partial charge in [0.05, 0.1) is 18.4 Å². The van der Waals surface area contributed by atoms with Crippen LogP contribution < -0.4 is 0 Å². The van der Waals surface area contributed by atoms with Gasteiger partial charge in [-0.25, -0.2) is 4.79 Å². The van der Waals surface area contributed by atoms with Gasteiger partial charge in [-0.2, -0.15) is 0 Å². The molecule has 2 heterocycles. The van der Waals surface area contributed by atoms with E-state index in [1.165, 1.54) is 17.2 Å². The van der Waals surface area contributed by atoms with Crippen LogP contribution in [0.15, 0.2) is 16.7 Å². The quantitative estimate of drug-likeness (QED) is 0.801. The van der Waals surface area contributed by atoms with E-state index in [1.807, 2.05) is 0 Å². The van der Waals surface area contributed by atoms with Gasteiger partial charge in [0.2, 0.25) is 5.22 Å². The summed E-state index contributed by atoms with van der Waals surface area (Å²) in [4.78, 5) is 25.8. The summed E-state index contributed by atoms with van der Waals surface area (Å²) >= 11 is 5.81. The number of hydrogen-bond donors (Lipinski definition) is 0. The van der Waals surface area contributed by atoms with Gasteiger partial charge in [-0.1, -0.05) is 0 Å². The van der Waals surface area contributed by atoms with Crippen LogP contribution in [-0.2, 0) is 9.53 Å². The summed E-state index contributed by atoms with van der Waals surface area (Å²) in [5.41, 5.74) is 0.290. The van der Waals surface area contributed by atoms with Crippen molar-refractivity contribution in [3.8, 4) is 0 Å². The maximum Gasteiger partial charge on any atom is 0.328 e. The Morgan fingerprint density at radius 1 is 1.53 bits per heavy atom. The van der Waals surface area contributed by atoms with Gasteiger partial charge in [0, 0.05) is 6.54 Å². The Hall–Kier alpha value is -1.49. The van der Waals surface area contributed by atoms with Gasteiger partial charge in [-0.05, 0) is 43.9 Å². The number of esters is 1. The van der Waals surface area contributed by atoms with Crippen molar-refractivity contribution >= 4 is 23.5 Å². The van der Waals surface area contributed by atoms with E-state index in [9.17, 15) is 9.59 Å². The van der Waals surface area contributed by atoms with E-state index in [2.05, 4.69) is 0 Å². The summed E-state index contributed by atoms with van der Waals surface area (Å²) in [6.45, 7) is 2.59. The highest BCUT2D eigenvalue weighted by Crippen LogP contribution is 2.24. The molecule has 1 aliphatic rings. The first-order chi connectivity index (χ1) is 9.15. The lowest BCUT2D eigenvalue weighted by Crippen LogP contribution is -2.48. The normalized spacial score (nSPS) is 19.3. The van der Waals surface area contributed by atoms with Gasteiger partial charge < -0.3 is 14.1 Å². The van der Waals surface area contributed by atoms with E-state index in [0.717, 1.165) is 12.8 Å². The maximum absolute atomic E-state index is 12.4. The van der Waals surface area contributed by atoms with E-state index < -0.39 is 6.04 Å². The molecular weight excluding hydrogens is 270 g/mol. The van der Waals surface area contributed by atoms with Gasteiger partial charge >= 0.3 is 5.97 Å². The van der Waals surface area contributed by atoms with Crippen molar-refractivity contribution < 1.29 is 18.7 Å². The van der Waals surface area contributed by atoms with Crippen LogP contribution in [-0.4, -0.2) is 36.0 Å². The molecule has 1 aliphatic heterocycles. The van der Waals surface area contributed by atoms with Crippen LogP contribution in [0.25, 0.3) is 0 Å². The number of piperidine rings is 1. The van der Waals surface area contributed by atoms with Crippen molar-refractivity contribution in [3.05, 3.63) is 23.1 Å². The van der Waals surface area contributed by atoms with E-state index in [0.29, 0.717) is 19.6 Å². The Morgan fingerprint density at radius 2 is 2.32 bits per heavy atom. The summed E-state index contributed by atoms with van der Waals surface area (Å²) in [5.74, 6) is -0.633. The van der Waals surface area contributed by atoms with Crippen LogP contribution in [0.1, 0.15) is 36.5 Å². The SMILES string of the molecule is CCOC(=O)C1CCCCN1C(=O)c1ccoc1Cl. The standard InChI is InChI=1S/C13H16ClNO4/c1-2-18-13(17)10-5-3-4-7-15(10)12(16)9-6-8-19-11(9)14/h6,8,10H,2-5,7H2,1H3. The molecule has 1 atom stereocenters. The Kier molecular flexibility index (Phi) is 4.47. The van der Waals surface area contributed by atoms with Crippen LogP contribution >= 0.6 is 11.6 Å². The second kappa shape index (κ2) is 6.10. The highest BCUT2D eigenvalue weighted by Gasteiger charge is 2.34. The molecule has 1 amide bonds. The molecule has 1 aromatic rings. The van der Waals surface area contributed by atoms with Crippen molar-refractivity contribution in [2.45, 2.75) is 32.2 Å². The predicted octanol–water partition coefficient (Wildman–Crippen LogP) is 2.49. The number of rotatable bonds is 3. The summed E-state index contributed by atoms with van der Waals surface area (Å²) in [7, 11) is 0. The Balaban J connectivity index is 2.18. The molecule has 0 saturated carbocycles. The lowest BCUT2D eigenvalue weighted by molar-refractivity contribution is -0.149. The number of ether oxygens (including phenoxy) is 1. The number of halogens is 1. The second-order valence-electron chi connectivity index (χ2n) is 4.37. The first-order valence-corrected chi connectivity index (χ1v) is 6.73. The number of carbonyl (C=O) groups is 2. The molecule has 1 saturated heterocycles. The zero-order valence-corrected chi connectivity index (χ0v) is 11.5. The molecule has 1 fully saturated rings. The smallest absolute Gasteiger partial charge is 0.328 e. The summed E-state index contributed by atoms with van der Waals surface area (Å²) < 4.78 is 9.94. The minimum atomic E-state index is -0.521. The molecule has 1 unspecified atom stereocenters. The third kappa shape index (κ3) is 2.92. The molecule has 19 heavy (non-hydrogen) atoms. The first kappa shape index (κ1) is 13.9. The number of furan rings is 1. The van der Waals surface area contributed by atoms with Crippen LogP contribution in [0.4, 0.5) is 0 Å². The third-order valence-corrected chi connectivity index (χ3v) is 3.46. The average molecular weight is 286 g/mol. The number of hydrogen-bond acceptors (Lipinski definition) is 4. The van der Waals surface area contributed by atoms with E-state index >= 15 is 0 Å². The van der Waals surface area contributed by atoms with Crippen molar-refractivity contribution in [2.24, 2.45) is 0 Å². The summed E-state index contributed by atoms with van der Waals surface area (Å²) in [6.07, 6.45) is 3.77. The zero-order chi connectivity index (χ0) is 13.8. The largest absolute Gasteiger partial charge is 0.464 e. The molecular formula is C13H16ClNO4. The van der Waals surface area contributed by atoms with Crippen molar-refractivity contribution in [3.63, 3.8) is 0 Å². The molecule has 0 aliphatic carbocycles. The number of carbonyl (C=O) groups excluding carboxylic acids is 2. The average Bonchev–Trinajstić information content (AvgIpc) is 2.84. The summed E-state index contributed by atoms with van der Waals surface area (Å²) in [6, 6.07) is 0.994. The molecule has 0 spiro atoms. The predicted molar refractivity (Wildman–Crippen MR) is 69.0 cm³/mol. The van der Waals surface area contributed by atoms with E-state index in [-0.39, 0.29) is 22.7 Å². The van der Waals surface area contributed by atoms with Crippen molar-refractivity contribution in [2.75, 3.05) is 13.2 Å². The minimum absolute atomic E-state index is 0.0539. The second-order valence-corrected chi connectivity index (χ2v) is 4.71. The van der Waals surface area contributed by atoms with E-state index in [4.69, 9.17) is 20.8 Å². The van der Waals surface area contributed by atoms with Gasteiger partial charge in [0.1, 0.15) is 6.04 Å². The van der Waals surface area contributed by atoms with Crippen molar-refractivity contribution in [1.82, 2.24) is 4.90 Å². The molecule has 0 radical (unpaired) electrons. The van der Waals surface area contributed by atoms with Crippen molar-refractivity contribution in [1.29, 1.82) is 0 Å². The molecule has 1 aromatic heterocycles. The molecule has 5 nitrogen and oxygen atoms in total. The molecule has 6 heteroatoms. The lowest BCUT2D eigenvalue weighted by atomic mass is 10.0. The zero-order valence-electron chi connectivity index (χ0n) is 10.7. The fraction of sp³-hybridized carbons (Fsp3) is 0.538.